The molecule has 1 aliphatic carbocycles. The molecule has 0 N–H and O–H groups in total. The lowest BCUT2D eigenvalue weighted by Gasteiger charge is -2.09. The molecule has 5 nitrogen and oxygen atoms in total. The minimum absolute atomic E-state index is 0.0391. The van der Waals surface area contributed by atoms with Gasteiger partial charge in [-0.2, -0.15) is 5.10 Å². The van der Waals surface area contributed by atoms with Gasteiger partial charge in [0.1, 0.15) is 0 Å². The fraction of sp³-hybridized carbons (Fsp3) is 0.235. The maximum Gasteiger partial charge on any atom is 0.198 e. The Hall–Kier alpha value is -2.21. The average Bonchev–Trinajstić information content (AvgIpc) is 3.05. The van der Waals surface area contributed by atoms with Gasteiger partial charge in [0.2, 0.25) is 0 Å². The zero-order chi connectivity index (χ0) is 15.8. The zero-order valence-corrected chi connectivity index (χ0v) is 13.9. The number of hydrogen-bond acceptors (Lipinski definition) is 4. The third-order valence-electron chi connectivity index (χ3n) is 3.99. The second kappa shape index (κ2) is 5.77. The Balaban J connectivity index is 1.72. The summed E-state index contributed by atoms with van der Waals surface area (Å²) < 4.78 is 8.04. The molecule has 0 unspecified atom stereocenters. The van der Waals surface area contributed by atoms with E-state index in [9.17, 15) is 4.79 Å². The monoisotopic (exact) mass is 371 g/mol. The quantitative estimate of drug-likeness (QED) is 0.640. The third kappa shape index (κ3) is 2.86. The second-order valence-electron chi connectivity index (χ2n) is 5.71. The van der Waals surface area contributed by atoms with Crippen LogP contribution in [0.1, 0.15) is 46.0 Å². The van der Waals surface area contributed by atoms with Gasteiger partial charge in [0, 0.05) is 28.3 Å². The van der Waals surface area contributed by atoms with Crippen LogP contribution in [-0.2, 0) is 6.54 Å². The highest BCUT2D eigenvalue weighted by molar-refractivity contribution is 9.10. The van der Waals surface area contributed by atoms with Crippen molar-refractivity contribution in [2.45, 2.75) is 25.3 Å². The van der Waals surface area contributed by atoms with E-state index in [2.05, 4.69) is 26.2 Å². The van der Waals surface area contributed by atoms with Gasteiger partial charge in [0.25, 0.3) is 0 Å². The summed E-state index contributed by atoms with van der Waals surface area (Å²) in [6.07, 6.45) is 7.27. The second-order valence-corrected chi connectivity index (χ2v) is 6.63. The lowest BCUT2D eigenvalue weighted by molar-refractivity contribution is 0.103. The summed E-state index contributed by atoms with van der Waals surface area (Å²) in [6.45, 7) is 0.539. The van der Waals surface area contributed by atoms with Crippen molar-refractivity contribution < 1.29 is 9.32 Å². The normalized spacial score (nSPS) is 14.1. The topological polar surface area (TPSA) is 60.9 Å². The van der Waals surface area contributed by atoms with E-state index in [1.54, 1.807) is 10.9 Å². The van der Waals surface area contributed by atoms with Gasteiger partial charge < -0.3 is 4.52 Å². The van der Waals surface area contributed by atoms with E-state index in [1.807, 2.05) is 30.5 Å². The molecular weight excluding hydrogens is 358 g/mol. The predicted octanol–water partition coefficient (Wildman–Crippen LogP) is 3.79. The summed E-state index contributed by atoms with van der Waals surface area (Å²) in [7, 11) is 0. The van der Waals surface area contributed by atoms with Crippen LogP contribution in [-0.4, -0.2) is 20.7 Å². The molecule has 2 aromatic heterocycles. The Morgan fingerprint density at radius 3 is 2.96 bits per heavy atom. The van der Waals surface area contributed by atoms with E-state index in [-0.39, 0.29) is 5.78 Å². The van der Waals surface area contributed by atoms with Crippen molar-refractivity contribution in [1.82, 2.24) is 14.9 Å². The van der Waals surface area contributed by atoms with E-state index in [4.69, 9.17) is 4.52 Å². The molecule has 0 aliphatic heterocycles. The predicted molar refractivity (Wildman–Crippen MR) is 87.4 cm³/mol. The van der Waals surface area contributed by atoms with Crippen LogP contribution in [0.4, 0.5) is 0 Å². The number of aromatic nitrogens is 3. The molecule has 116 valence electrons. The summed E-state index contributed by atoms with van der Waals surface area (Å²) in [4.78, 5) is 13.0. The highest BCUT2D eigenvalue weighted by Gasteiger charge is 2.33. The van der Waals surface area contributed by atoms with E-state index < -0.39 is 0 Å². The van der Waals surface area contributed by atoms with Crippen LogP contribution in [0.5, 0.6) is 0 Å². The van der Waals surface area contributed by atoms with Crippen molar-refractivity contribution in [3.05, 3.63) is 69.8 Å². The maximum absolute atomic E-state index is 13.0. The van der Waals surface area contributed by atoms with Crippen molar-refractivity contribution in [3.63, 3.8) is 0 Å². The Labute approximate surface area is 141 Å². The average molecular weight is 372 g/mol. The first kappa shape index (κ1) is 14.4. The third-order valence-corrected chi connectivity index (χ3v) is 4.49. The fourth-order valence-electron chi connectivity index (χ4n) is 2.69. The highest BCUT2D eigenvalue weighted by Crippen LogP contribution is 2.42. The van der Waals surface area contributed by atoms with E-state index in [1.165, 1.54) is 6.20 Å². The number of nitrogens with zero attached hydrogens (tertiary/aromatic N) is 3. The van der Waals surface area contributed by atoms with Gasteiger partial charge >= 0.3 is 0 Å². The van der Waals surface area contributed by atoms with Gasteiger partial charge in [-0.05, 0) is 42.7 Å². The molecule has 6 heteroatoms. The molecule has 4 rings (SSSR count). The smallest absolute Gasteiger partial charge is 0.198 e. The summed E-state index contributed by atoms with van der Waals surface area (Å²) in [5.41, 5.74) is 2.15. The number of carbonyl (C=O) groups is 1. The minimum Gasteiger partial charge on any atom is -0.360 e. The number of hydrogen-bond donors (Lipinski definition) is 0. The molecule has 0 bridgehead atoms. The molecule has 1 aliphatic rings. The van der Waals surface area contributed by atoms with Gasteiger partial charge in [-0.25, -0.2) is 0 Å². The number of benzene rings is 1. The molecule has 0 saturated heterocycles. The van der Waals surface area contributed by atoms with Crippen LogP contribution in [0, 0.1) is 0 Å². The zero-order valence-electron chi connectivity index (χ0n) is 12.3. The van der Waals surface area contributed by atoms with E-state index in [0.717, 1.165) is 28.6 Å². The highest BCUT2D eigenvalue weighted by atomic mass is 79.9. The molecular formula is C17H14BrN3O2. The standard InChI is InChI=1S/C17H14BrN3O2/c18-13-4-5-14(12(8-13)10-21-7-1-6-19-21)16(22)15-9-20-23-17(15)11-2-3-11/h1,4-9,11H,2-3,10H2. The Morgan fingerprint density at radius 2 is 2.22 bits per heavy atom. The molecule has 0 radical (unpaired) electrons. The molecule has 1 aromatic carbocycles. The lowest BCUT2D eigenvalue weighted by Crippen LogP contribution is -2.10. The maximum atomic E-state index is 13.0. The van der Waals surface area contributed by atoms with E-state index >= 15 is 0 Å². The number of rotatable bonds is 5. The molecule has 2 heterocycles. The Kier molecular flexibility index (Phi) is 3.61. The van der Waals surface area contributed by atoms with Crippen LogP contribution in [0.25, 0.3) is 0 Å². The lowest BCUT2D eigenvalue weighted by atomic mass is 9.98. The van der Waals surface area contributed by atoms with Crippen LogP contribution >= 0.6 is 15.9 Å². The molecule has 0 spiro atoms. The van der Waals surface area contributed by atoms with Crippen LogP contribution in [0.15, 0.2) is 51.9 Å². The fourth-order valence-corrected chi connectivity index (χ4v) is 3.10. The Bertz CT molecular complexity index is 851. The molecule has 0 amide bonds. The summed E-state index contributed by atoms with van der Waals surface area (Å²) >= 11 is 3.47. The van der Waals surface area contributed by atoms with Gasteiger partial charge in [-0.3, -0.25) is 9.48 Å². The molecule has 1 saturated carbocycles. The van der Waals surface area contributed by atoms with Crippen LogP contribution in [0.2, 0.25) is 0 Å². The molecule has 3 aromatic rings. The Morgan fingerprint density at radius 1 is 1.35 bits per heavy atom. The summed E-state index contributed by atoms with van der Waals surface area (Å²) in [6, 6.07) is 7.54. The van der Waals surface area contributed by atoms with Crippen LogP contribution < -0.4 is 0 Å². The molecule has 0 atom stereocenters. The van der Waals surface area contributed by atoms with Crippen molar-refractivity contribution in [2.75, 3.05) is 0 Å². The van der Waals surface area contributed by atoms with Gasteiger partial charge in [-0.1, -0.05) is 21.1 Å². The van der Waals surface area contributed by atoms with Crippen molar-refractivity contribution in [3.8, 4) is 0 Å². The first-order chi connectivity index (χ1) is 11.2. The van der Waals surface area contributed by atoms with Gasteiger partial charge in [0.05, 0.1) is 18.3 Å². The van der Waals surface area contributed by atoms with Crippen molar-refractivity contribution in [2.24, 2.45) is 0 Å². The number of halogens is 1. The van der Waals surface area contributed by atoms with E-state index in [0.29, 0.717) is 23.6 Å². The summed E-state index contributed by atoms with van der Waals surface area (Å²) in [5.74, 6) is 1.03. The first-order valence-corrected chi connectivity index (χ1v) is 8.27. The molecule has 23 heavy (non-hydrogen) atoms. The van der Waals surface area contributed by atoms with Crippen molar-refractivity contribution >= 4 is 21.7 Å². The van der Waals surface area contributed by atoms with Gasteiger partial charge in [-0.15, -0.1) is 0 Å². The largest absolute Gasteiger partial charge is 0.360 e. The van der Waals surface area contributed by atoms with Gasteiger partial charge in [0.15, 0.2) is 11.5 Å². The summed E-state index contributed by atoms with van der Waals surface area (Å²) in [5, 5.41) is 8.05. The SMILES string of the molecule is O=C(c1ccc(Br)cc1Cn1cccn1)c1cnoc1C1CC1. The minimum atomic E-state index is -0.0391. The first-order valence-electron chi connectivity index (χ1n) is 7.47. The van der Waals surface area contributed by atoms with Crippen LogP contribution in [0.3, 0.4) is 0 Å². The van der Waals surface area contributed by atoms with Crippen molar-refractivity contribution in [1.29, 1.82) is 0 Å². The number of ketones is 1. The molecule has 1 fully saturated rings. The number of carbonyl (C=O) groups excluding carboxylic acids is 1.